The summed E-state index contributed by atoms with van der Waals surface area (Å²) in [6, 6.07) is 17.9. The molecule has 0 saturated heterocycles. The van der Waals surface area contributed by atoms with Crippen molar-refractivity contribution in [2.75, 3.05) is 0 Å². The molecular formula is C20H25. The van der Waals surface area contributed by atoms with Crippen LogP contribution in [0.1, 0.15) is 48.4 Å². The number of rotatable bonds is 6. The maximum Gasteiger partial charge on any atom is -0.0159 e. The monoisotopic (exact) mass is 265 g/mol. The third kappa shape index (κ3) is 3.96. The fourth-order valence-electron chi connectivity index (χ4n) is 2.54. The van der Waals surface area contributed by atoms with Crippen LogP contribution in [0.3, 0.4) is 0 Å². The molecule has 2 rings (SSSR count). The van der Waals surface area contributed by atoms with Gasteiger partial charge < -0.3 is 0 Å². The summed E-state index contributed by atoms with van der Waals surface area (Å²) in [5.74, 6) is 0.381. The van der Waals surface area contributed by atoms with E-state index in [9.17, 15) is 0 Å². The Kier molecular flexibility index (Phi) is 5.40. The molecule has 0 nitrogen and oxygen atoms in total. The zero-order valence-electron chi connectivity index (χ0n) is 12.7. The molecular weight excluding hydrogens is 240 g/mol. The summed E-state index contributed by atoms with van der Waals surface area (Å²) in [6.07, 6.45) is 4.43. The van der Waals surface area contributed by atoms with Crippen LogP contribution in [-0.2, 0) is 19.3 Å². The third-order valence-corrected chi connectivity index (χ3v) is 4.04. The molecule has 0 aliphatic rings. The summed E-state index contributed by atoms with van der Waals surface area (Å²) in [5, 5.41) is 0. The molecule has 0 amide bonds. The normalized spacial score (nSPS) is 12.3. The van der Waals surface area contributed by atoms with Gasteiger partial charge in [0.05, 0.1) is 0 Å². The molecule has 0 bridgehead atoms. The van der Waals surface area contributed by atoms with Crippen LogP contribution in [0.2, 0.25) is 0 Å². The molecule has 1 atom stereocenters. The molecule has 0 aromatic heterocycles. The van der Waals surface area contributed by atoms with E-state index in [0.717, 1.165) is 25.7 Å². The Balaban J connectivity index is 1.95. The van der Waals surface area contributed by atoms with Gasteiger partial charge in [-0.15, -0.1) is 0 Å². The van der Waals surface area contributed by atoms with E-state index in [1.807, 2.05) is 0 Å². The molecule has 0 aliphatic carbocycles. The summed E-state index contributed by atoms with van der Waals surface area (Å²) in [4.78, 5) is 0. The van der Waals surface area contributed by atoms with Crippen LogP contribution in [0.15, 0.2) is 48.5 Å². The highest BCUT2D eigenvalue weighted by molar-refractivity contribution is 5.27. The topological polar surface area (TPSA) is 0 Å². The van der Waals surface area contributed by atoms with Crippen molar-refractivity contribution in [3.05, 3.63) is 77.7 Å². The van der Waals surface area contributed by atoms with Gasteiger partial charge in [0.2, 0.25) is 0 Å². The Labute approximate surface area is 123 Å². The molecule has 0 aliphatic heterocycles. The van der Waals surface area contributed by atoms with Crippen LogP contribution >= 0.6 is 0 Å². The lowest BCUT2D eigenvalue weighted by molar-refractivity contribution is 0.731. The van der Waals surface area contributed by atoms with Gasteiger partial charge in [-0.1, -0.05) is 62.4 Å². The lowest BCUT2D eigenvalue weighted by Gasteiger charge is -2.13. The summed E-state index contributed by atoms with van der Waals surface area (Å²) in [6.45, 7) is 8.72. The van der Waals surface area contributed by atoms with Crippen LogP contribution in [0.4, 0.5) is 0 Å². The minimum Gasteiger partial charge on any atom is -0.0617 e. The number of hydrogen-bond acceptors (Lipinski definition) is 0. The van der Waals surface area contributed by atoms with Gasteiger partial charge in [0.15, 0.2) is 0 Å². The van der Waals surface area contributed by atoms with Gasteiger partial charge in [0.1, 0.15) is 0 Å². The van der Waals surface area contributed by atoms with Crippen molar-refractivity contribution < 1.29 is 0 Å². The average Bonchev–Trinajstić information content (AvgIpc) is 2.53. The van der Waals surface area contributed by atoms with Crippen LogP contribution in [0, 0.1) is 6.92 Å². The van der Waals surface area contributed by atoms with E-state index in [1.54, 1.807) is 0 Å². The average molecular weight is 265 g/mol. The lowest BCUT2D eigenvalue weighted by Crippen LogP contribution is -1.97. The molecule has 20 heavy (non-hydrogen) atoms. The van der Waals surface area contributed by atoms with E-state index in [4.69, 9.17) is 0 Å². The highest BCUT2D eigenvalue weighted by atomic mass is 14.1. The van der Waals surface area contributed by atoms with E-state index in [1.165, 1.54) is 22.3 Å². The largest absolute Gasteiger partial charge is 0.0617 e. The Bertz CT molecular complexity index is 522. The summed E-state index contributed by atoms with van der Waals surface area (Å²) < 4.78 is 0. The highest BCUT2D eigenvalue weighted by Crippen LogP contribution is 2.21. The number of benzene rings is 2. The molecule has 0 heteroatoms. The molecule has 2 aromatic rings. The number of aryl methyl sites for hydroxylation is 3. The van der Waals surface area contributed by atoms with Crippen LogP contribution in [0.5, 0.6) is 0 Å². The SMILES string of the molecule is [CH2]C(CCc1cccc(CC)c1)c1ccc(CC)cc1. The molecule has 2 aromatic carbocycles. The van der Waals surface area contributed by atoms with Crippen LogP contribution in [-0.4, -0.2) is 0 Å². The zero-order valence-corrected chi connectivity index (χ0v) is 12.7. The minimum absolute atomic E-state index is 0.381. The first kappa shape index (κ1) is 14.8. The predicted octanol–water partition coefficient (Wildman–Crippen LogP) is 5.36. The lowest BCUT2D eigenvalue weighted by atomic mass is 9.93. The van der Waals surface area contributed by atoms with Crippen molar-refractivity contribution in [1.29, 1.82) is 0 Å². The van der Waals surface area contributed by atoms with Crippen molar-refractivity contribution >= 4 is 0 Å². The van der Waals surface area contributed by atoms with Gasteiger partial charge in [-0.05, 0) is 60.8 Å². The molecule has 0 N–H and O–H groups in total. The molecule has 0 spiro atoms. The van der Waals surface area contributed by atoms with Gasteiger partial charge in [0.25, 0.3) is 0 Å². The minimum atomic E-state index is 0.381. The van der Waals surface area contributed by atoms with E-state index in [-0.39, 0.29) is 0 Å². The van der Waals surface area contributed by atoms with Gasteiger partial charge in [0, 0.05) is 0 Å². The Hall–Kier alpha value is -1.56. The van der Waals surface area contributed by atoms with Crippen molar-refractivity contribution in [3.8, 4) is 0 Å². The standard InChI is InChI=1S/C20H25/c1-4-17-11-13-20(14-12-17)16(3)9-10-19-8-6-7-18(5-2)15-19/h6-8,11-16H,3-5,9-10H2,1-2H3. The third-order valence-electron chi connectivity index (χ3n) is 4.04. The second kappa shape index (κ2) is 7.28. The predicted molar refractivity (Wildman–Crippen MR) is 88.1 cm³/mol. The van der Waals surface area contributed by atoms with Crippen LogP contribution < -0.4 is 0 Å². The molecule has 0 saturated carbocycles. The smallest absolute Gasteiger partial charge is 0.0159 e. The van der Waals surface area contributed by atoms with Gasteiger partial charge in [-0.2, -0.15) is 0 Å². The zero-order chi connectivity index (χ0) is 14.4. The fourth-order valence-corrected chi connectivity index (χ4v) is 2.54. The van der Waals surface area contributed by atoms with Crippen molar-refractivity contribution in [2.24, 2.45) is 0 Å². The van der Waals surface area contributed by atoms with Crippen LogP contribution in [0.25, 0.3) is 0 Å². The second-order valence-electron chi connectivity index (χ2n) is 5.50. The summed E-state index contributed by atoms with van der Waals surface area (Å²) in [5.41, 5.74) is 5.61. The van der Waals surface area contributed by atoms with E-state index in [0.29, 0.717) is 5.92 Å². The van der Waals surface area contributed by atoms with E-state index < -0.39 is 0 Å². The molecule has 0 heterocycles. The van der Waals surface area contributed by atoms with Crippen molar-refractivity contribution in [1.82, 2.24) is 0 Å². The molecule has 1 unspecified atom stereocenters. The first-order valence-electron chi connectivity index (χ1n) is 7.72. The summed E-state index contributed by atoms with van der Waals surface area (Å²) >= 11 is 0. The second-order valence-corrected chi connectivity index (χ2v) is 5.50. The highest BCUT2D eigenvalue weighted by Gasteiger charge is 2.06. The van der Waals surface area contributed by atoms with E-state index >= 15 is 0 Å². The summed E-state index contributed by atoms with van der Waals surface area (Å²) in [7, 11) is 0. The van der Waals surface area contributed by atoms with Gasteiger partial charge in [-0.3, -0.25) is 0 Å². The molecule has 1 radical (unpaired) electrons. The number of hydrogen-bond donors (Lipinski definition) is 0. The van der Waals surface area contributed by atoms with Gasteiger partial charge >= 0.3 is 0 Å². The molecule has 0 fully saturated rings. The fraction of sp³-hybridized carbons (Fsp3) is 0.350. The first-order chi connectivity index (χ1) is 9.72. The first-order valence-corrected chi connectivity index (χ1v) is 7.72. The Morgan fingerprint density at radius 3 is 2.15 bits per heavy atom. The Morgan fingerprint density at radius 2 is 1.50 bits per heavy atom. The van der Waals surface area contributed by atoms with Gasteiger partial charge in [-0.25, -0.2) is 0 Å². The van der Waals surface area contributed by atoms with Crippen molar-refractivity contribution in [2.45, 2.75) is 45.4 Å². The van der Waals surface area contributed by atoms with Crippen molar-refractivity contribution in [3.63, 3.8) is 0 Å². The van der Waals surface area contributed by atoms with E-state index in [2.05, 4.69) is 69.3 Å². The quantitative estimate of drug-likeness (QED) is 0.659. The molecule has 105 valence electrons. The Morgan fingerprint density at radius 1 is 0.850 bits per heavy atom. The maximum absolute atomic E-state index is 4.32. The maximum atomic E-state index is 4.32.